The molecule has 0 spiro atoms. The molecule has 0 fully saturated rings. The van der Waals surface area contributed by atoms with E-state index in [0.717, 1.165) is 24.5 Å². The highest BCUT2D eigenvalue weighted by Gasteiger charge is 2.11. The molecule has 0 aromatic heterocycles. The van der Waals surface area contributed by atoms with Gasteiger partial charge >= 0.3 is 0 Å². The summed E-state index contributed by atoms with van der Waals surface area (Å²) in [5, 5.41) is 0. The van der Waals surface area contributed by atoms with Crippen LogP contribution in [0.1, 0.15) is 17.5 Å². The summed E-state index contributed by atoms with van der Waals surface area (Å²) in [7, 11) is 3.83. The van der Waals surface area contributed by atoms with Gasteiger partial charge < -0.3 is 9.64 Å². The van der Waals surface area contributed by atoms with Crippen LogP contribution >= 0.6 is 12.6 Å². The second-order valence-electron chi connectivity index (χ2n) is 4.13. The van der Waals surface area contributed by atoms with Crippen molar-refractivity contribution in [2.24, 2.45) is 0 Å². The van der Waals surface area contributed by atoms with Gasteiger partial charge in [0.2, 0.25) is 0 Å². The fourth-order valence-corrected chi connectivity index (χ4v) is 2.05. The molecule has 0 bridgehead atoms. The molecular weight excluding hydrogens is 218 g/mol. The zero-order valence-corrected chi connectivity index (χ0v) is 11.5. The van der Waals surface area contributed by atoms with Gasteiger partial charge in [0.05, 0.1) is 12.8 Å². The Morgan fingerprint density at radius 1 is 1.31 bits per heavy atom. The minimum absolute atomic E-state index is 0.914. The summed E-state index contributed by atoms with van der Waals surface area (Å²) < 4.78 is 5.47. The van der Waals surface area contributed by atoms with Gasteiger partial charge in [-0.25, -0.2) is 0 Å². The first-order valence-corrected chi connectivity index (χ1v) is 6.20. The van der Waals surface area contributed by atoms with Crippen LogP contribution in [0.5, 0.6) is 5.75 Å². The Bertz CT molecular complexity index is 352. The monoisotopic (exact) mass is 239 g/mol. The van der Waals surface area contributed by atoms with Crippen molar-refractivity contribution in [2.45, 2.75) is 20.3 Å². The molecule has 1 aromatic carbocycles. The lowest BCUT2D eigenvalue weighted by atomic mass is 10.1. The fourth-order valence-electron chi connectivity index (χ4n) is 1.91. The number of benzene rings is 1. The molecule has 0 atom stereocenters. The number of aryl methyl sites for hydroxylation is 2. The summed E-state index contributed by atoms with van der Waals surface area (Å²) >= 11 is 4.24. The standard InChI is InChI=1S/C13H21NOS/c1-10-8-11(2)13(15-4)12(9-10)14(3)6-5-7-16/h8-9,16H,5-7H2,1-4H3. The number of hydrogen-bond donors (Lipinski definition) is 1. The summed E-state index contributed by atoms with van der Waals surface area (Å²) in [4.78, 5) is 2.23. The first-order valence-electron chi connectivity index (χ1n) is 5.57. The van der Waals surface area contributed by atoms with Crippen molar-refractivity contribution >= 4 is 18.3 Å². The van der Waals surface area contributed by atoms with Crippen LogP contribution < -0.4 is 9.64 Å². The van der Waals surface area contributed by atoms with E-state index < -0.39 is 0 Å². The van der Waals surface area contributed by atoms with Gasteiger partial charge in [-0.2, -0.15) is 12.6 Å². The lowest BCUT2D eigenvalue weighted by Crippen LogP contribution is -2.20. The van der Waals surface area contributed by atoms with E-state index in [1.54, 1.807) is 7.11 Å². The van der Waals surface area contributed by atoms with Crippen LogP contribution in [0.3, 0.4) is 0 Å². The van der Waals surface area contributed by atoms with E-state index in [2.05, 4.69) is 50.6 Å². The predicted molar refractivity (Wildman–Crippen MR) is 74.2 cm³/mol. The summed E-state index contributed by atoms with van der Waals surface area (Å²) in [6.07, 6.45) is 1.08. The van der Waals surface area contributed by atoms with Crippen LogP contribution in [0.2, 0.25) is 0 Å². The van der Waals surface area contributed by atoms with E-state index in [-0.39, 0.29) is 0 Å². The molecule has 0 aliphatic rings. The van der Waals surface area contributed by atoms with E-state index in [0.29, 0.717) is 0 Å². The molecule has 0 saturated carbocycles. The molecule has 0 radical (unpaired) electrons. The Morgan fingerprint density at radius 2 is 2.00 bits per heavy atom. The molecule has 2 nitrogen and oxygen atoms in total. The molecule has 90 valence electrons. The lowest BCUT2D eigenvalue weighted by Gasteiger charge is -2.23. The van der Waals surface area contributed by atoms with Crippen LogP contribution in [0.25, 0.3) is 0 Å². The smallest absolute Gasteiger partial charge is 0.145 e. The predicted octanol–water partition coefficient (Wildman–Crippen LogP) is 3.07. The molecule has 0 heterocycles. The first-order chi connectivity index (χ1) is 7.60. The van der Waals surface area contributed by atoms with E-state index >= 15 is 0 Å². The van der Waals surface area contributed by atoms with Crippen LogP contribution in [-0.2, 0) is 0 Å². The Labute approximate surface area is 104 Å². The molecule has 0 N–H and O–H groups in total. The summed E-state index contributed by atoms with van der Waals surface area (Å²) in [6, 6.07) is 4.32. The molecule has 0 aliphatic heterocycles. The van der Waals surface area contributed by atoms with Crippen molar-refractivity contribution in [2.75, 3.05) is 31.4 Å². The van der Waals surface area contributed by atoms with Crippen molar-refractivity contribution in [1.82, 2.24) is 0 Å². The lowest BCUT2D eigenvalue weighted by molar-refractivity contribution is 0.411. The fraction of sp³-hybridized carbons (Fsp3) is 0.538. The number of ether oxygens (including phenoxy) is 1. The van der Waals surface area contributed by atoms with E-state index in [9.17, 15) is 0 Å². The molecule has 1 aromatic rings. The quantitative estimate of drug-likeness (QED) is 0.793. The van der Waals surface area contributed by atoms with Gasteiger partial charge in [-0.3, -0.25) is 0 Å². The highest BCUT2D eigenvalue weighted by molar-refractivity contribution is 7.80. The van der Waals surface area contributed by atoms with Crippen molar-refractivity contribution < 1.29 is 4.74 Å². The number of methoxy groups -OCH3 is 1. The maximum absolute atomic E-state index is 5.47. The SMILES string of the molecule is COc1c(C)cc(C)cc1N(C)CCCS. The molecule has 0 saturated heterocycles. The third kappa shape index (κ3) is 3.08. The maximum atomic E-state index is 5.47. The number of anilines is 1. The average Bonchev–Trinajstić information content (AvgIpc) is 2.24. The van der Waals surface area contributed by atoms with Gasteiger partial charge in [0.1, 0.15) is 5.75 Å². The number of nitrogens with zero attached hydrogens (tertiary/aromatic N) is 1. The Hall–Kier alpha value is -0.830. The van der Waals surface area contributed by atoms with Crippen LogP contribution in [-0.4, -0.2) is 26.5 Å². The molecule has 1 rings (SSSR count). The van der Waals surface area contributed by atoms with E-state index in [1.807, 2.05) is 0 Å². The Balaban J connectivity index is 3.00. The number of thiol groups is 1. The second-order valence-corrected chi connectivity index (χ2v) is 4.58. The zero-order valence-electron chi connectivity index (χ0n) is 10.6. The van der Waals surface area contributed by atoms with Gasteiger partial charge in [-0.15, -0.1) is 0 Å². The van der Waals surface area contributed by atoms with Crippen LogP contribution in [0.15, 0.2) is 12.1 Å². The molecule has 0 amide bonds. The Morgan fingerprint density at radius 3 is 2.56 bits per heavy atom. The van der Waals surface area contributed by atoms with Gasteiger partial charge in [0, 0.05) is 13.6 Å². The van der Waals surface area contributed by atoms with Gasteiger partial charge in [-0.05, 0) is 43.2 Å². The van der Waals surface area contributed by atoms with Gasteiger partial charge in [0.15, 0.2) is 0 Å². The zero-order chi connectivity index (χ0) is 12.1. The average molecular weight is 239 g/mol. The minimum Gasteiger partial charge on any atom is -0.494 e. The largest absolute Gasteiger partial charge is 0.494 e. The van der Waals surface area contributed by atoms with E-state index in [1.165, 1.54) is 16.8 Å². The third-order valence-electron chi connectivity index (χ3n) is 2.67. The molecule has 0 aliphatic carbocycles. The normalized spacial score (nSPS) is 10.3. The maximum Gasteiger partial charge on any atom is 0.145 e. The van der Waals surface area contributed by atoms with Crippen molar-refractivity contribution in [1.29, 1.82) is 0 Å². The van der Waals surface area contributed by atoms with Gasteiger partial charge in [0.25, 0.3) is 0 Å². The third-order valence-corrected chi connectivity index (χ3v) is 2.98. The highest BCUT2D eigenvalue weighted by Crippen LogP contribution is 2.32. The minimum atomic E-state index is 0.914. The highest BCUT2D eigenvalue weighted by atomic mass is 32.1. The van der Waals surface area contributed by atoms with Crippen molar-refractivity contribution in [3.05, 3.63) is 23.3 Å². The molecule has 3 heteroatoms. The summed E-state index contributed by atoms with van der Waals surface area (Å²) in [5.41, 5.74) is 3.63. The molecule has 16 heavy (non-hydrogen) atoms. The number of hydrogen-bond acceptors (Lipinski definition) is 3. The van der Waals surface area contributed by atoms with Crippen molar-refractivity contribution in [3.8, 4) is 5.75 Å². The number of rotatable bonds is 5. The van der Waals surface area contributed by atoms with Crippen molar-refractivity contribution in [3.63, 3.8) is 0 Å². The molecular formula is C13H21NOS. The first kappa shape index (κ1) is 13.2. The van der Waals surface area contributed by atoms with Gasteiger partial charge in [-0.1, -0.05) is 6.07 Å². The Kier molecular flexibility index (Phi) is 5.00. The summed E-state index contributed by atoms with van der Waals surface area (Å²) in [6.45, 7) is 5.20. The molecule has 0 unspecified atom stereocenters. The topological polar surface area (TPSA) is 12.5 Å². The second kappa shape index (κ2) is 6.04. The van der Waals surface area contributed by atoms with E-state index in [4.69, 9.17) is 4.74 Å². The summed E-state index contributed by atoms with van der Waals surface area (Å²) in [5.74, 6) is 1.89. The van der Waals surface area contributed by atoms with Crippen LogP contribution in [0.4, 0.5) is 5.69 Å². The van der Waals surface area contributed by atoms with Crippen LogP contribution in [0, 0.1) is 13.8 Å².